The van der Waals surface area contributed by atoms with Gasteiger partial charge in [0, 0.05) is 13.1 Å². The lowest BCUT2D eigenvalue weighted by molar-refractivity contribution is 0.760. The van der Waals surface area contributed by atoms with E-state index in [1.165, 1.54) is 10.7 Å². The number of halogens is 1. The molecule has 0 spiro atoms. The standard InChI is InChI=1S/C5H6N4.ClH/c1-9-4(3-6)2-5(7)8-9;/h2H,1H3,(H2,7,8);1H. The topological polar surface area (TPSA) is 67.6 Å². The Hall–Kier alpha value is -1.21. The minimum atomic E-state index is 0. The van der Waals surface area contributed by atoms with Gasteiger partial charge in [0.1, 0.15) is 17.6 Å². The van der Waals surface area contributed by atoms with E-state index >= 15 is 0 Å². The van der Waals surface area contributed by atoms with E-state index in [2.05, 4.69) is 5.10 Å². The fraction of sp³-hybridized carbons (Fsp3) is 0.200. The highest BCUT2D eigenvalue weighted by Crippen LogP contribution is 2.00. The fourth-order valence-electron chi connectivity index (χ4n) is 0.594. The molecule has 0 atom stereocenters. The third-order valence-corrected chi connectivity index (χ3v) is 1.01. The number of nitrogen functional groups attached to an aromatic ring is 1. The first-order valence-corrected chi connectivity index (χ1v) is 2.43. The molecule has 1 rings (SSSR count). The van der Waals surface area contributed by atoms with Crippen LogP contribution < -0.4 is 5.73 Å². The Morgan fingerprint density at radius 3 is 2.60 bits per heavy atom. The maximum Gasteiger partial charge on any atom is 0.146 e. The number of nitriles is 1. The molecule has 0 unspecified atom stereocenters. The van der Waals surface area contributed by atoms with Crippen LogP contribution in [0.1, 0.15) is 5.69 Å². The molecule has 0 aromatic carbocycles. The molecule has 0 amide bonds. The van der Waals surface area contributed by atoms with Gasteiger partial charge in [0.2, 0.25) is 0 Å². The summed E-state index contributed by atoms with van der Waals surface area (Å²) in [6.45, 7) is 0. The highest BCUT2D eigenvalue weighted by molar-refractivity contribution is 5.85. The van der Waals surface area contributed by atoms with Gasteiger partial charge in [-0.25, -0.2) is 0 Å². The predicted molar refractivity (Wildman–Crippen MR) is 39.6 cm³/mol. The van der Waals surface area contributed by atoms with Gasteiger partial charge in [0.05, 0.1) is 0 Å². The van der Waals surface area contributed by atoms with Crippen molar-refractivity contribution in [2.75, 3.05) is 5.73 Å². The van der Waals surface area contributed by atoms with E-state index in [1.807, 2.05) is 6.07 Å². The molecule has 5 heteroatoms. The second-order valence-corrected chi connectivity index (χ2v) is 1.69. The Labute approximate surface area is 64.7 Å². The fourth-order valence-corrected chi connectivity index (χ4v) is 0.594. The van der Waals surface area contributed by atoms with Gasteiger partial charge < -0.3 is 5.73 Å². The molecule has 1 aromatic rings. The SMILES string of the molecule is Cl.Cn1nc(N)cc1C#N. The van der Waals surface area contributed by atoms with Crippen LogP contribution in [0.5, 0.6) is 0 Å². The van der Waals surface area contributed by atoms with Gasteiger partial charge in [-0.2, -0.15) is 10.4 Å². The molecule has 0 aliphatic rings. The molecule has 4 nitrogen and oxygen atoms in total. The summed E-state index contributed by atoms with van der Waals surface area (Å²) in [4.78, 5) is 0. The molecule has 0 aliphatic heterocycles. The highest BCUT2D eigenvalue weighted by Gasteiger charge is 1.97. The van der Waals surface area contributed by atoms with Crippen molar-refractivity contribution in [1.82, 2.24) is 9.78 Å². The molecule has 0 bridgehead atoms. The monoisotopic (exact) mass is 158 g/mol. The first-order valence-electron chi connectivity index (χ1n) is 2.43. The number of hydrogen-bond acceptors (Lipinski definition) is 3. The summed E-state index contributed by atoms with van der Waals surface area (Å²) >= 11 is 0. The van der Waals surface area contributed by atoms with Crippen LogP contribution in [-0.4, -0.2) is 9.78 Å². The Balaban J connectivity index is 0.000000810. The summed E-state index contributed by atoms with van der Waals surface area (Å²) < 4.78 is 1.44. The maximum absolute atomic E-state index is 8.37. The van der Waals surface area contributed by atoms with E-state index in [0.717, 1.165) is 0 Å². The number of nitrogens with two attached hydrogens (primary N) is 1. The summed E-state index contributed by atoms with van der Waals surface area (Å²) in [5, 5.41) is 12.1. The van der Waals surface area contributed by atoms with Crippen molar-refractivity contribution >= 4 is 18.2 Å². The van der Waals surface area contributed by atoms with Crippen molar-refractivity contribution in [1.29, 1.82) is 5.26 Å². The van der Waals surface area contributed by atoms with Crippen molar-refractivity contribution in [2.24, 2.45) is 7.05 Å². The molecule has 10 heavy (non-hydrogen) atoms. The second-order valence-electron chi connectivity index (χ2n) is 1.69. The normalized spacial score (nSPS) is 8.00. The summed E-state index contributed by atoms with van der Waals surface area (Å²) in [5.74, 6) is 0.383. The lowest BCUT2D eigenvalue weighted by atomic mass is 10.4. The van der Waals surface area contributed by atoms with Crippen LogP contribution >= 0.6 is 12.4 Å². The van der Waals surface area contributed by atoms with Crippen LogP contribution in [0.25, 0.3) is 0 Å². The second kappa shape index (κ2) is 3.08. The summed E-state index contributed by atoms with van der Waals surface area (Å²) in [7, 11) is 1.68. The van der Waals surface area contributed by atoms with E-state index in [1.54, 1.807) is 7.05 Å². The van der Waals surface area contributed by atoms with Crippen LogP contribution in [0.2, 0.25) is 0 Å². The Morgan fingerprint density at radius 1 is 1.80 bits per heavy atom. The zero-order valence-corrected chi connectivity index (χ0v) is 6.22. The van der Waals surface area contributed by atoms with Gasteiger partial charge in [0.25, 0.3) is 0 Å². The van der Waals surface area contributed by atoms with Gasteiger partial charge in [-0.05, 0) is 0 Å². The molecule has 0 fully saturated rings. The Kier molecular flexibility index (Phi) is 2.71. The molecule has 0 aliphatic carbocycles. The summed E-state index contributed by atoms with van der Waals surface area (Å²) in [6.07, 6.45) is 0. The molecule has 1 heterocycles. The summed E-state index contributed by atoms with van der Waals surface area (Å²) in [5.41, 5.74) is 5.75. The lowest BCUT2D eigenvalue weighted by Crippen LogP contribution is -1.93. The van der Waals surface area contributed by atoms with Gasteiger partial charge in [-0.1, -0.05) is 0 Å². The van der Waals surface area contributed by atoms with E-state index in [9.17, 15) is 0 Å². The van der Waals surface area contributed by atoms with Gasteiger partial charge >= 0.3 is 0 Å². The molecule has 54 valence electrons. The van der Waals surface area contributed by atoms with Crippen molar-refractivity contribution < 1.29 is 0 Å². The van der Waals surface area contributed by atoms with Gasteiger partial charge in [-0.3, -0.25) is 4.68 Å². The number of aromatic nitrogens is 2. The molecule has 0 saturated carbocycles. The molecule has 0 radical (unpaired) electrons. The molecular weight excluding hydrogens is 152 g/mol. The third kappa shape index (κ3) is 1.39. The number of nitrogens with zero attached hydrogens (tertiary/aromatic N) is 3. The molecular formula is C5H7ClN4. The average Bonchev–Trinajstić information content (AvgIpc) is 2.10. The van der Waals surface area contributed by atoms with E-state index in [0.29, 0.717) is 11.5 Å². The van der Waals surface area contributed by atoms with Crippen LogP contribution in [0.4, 0.5) is 5.82 Å². The van der Waals surface area contributed by atoms with E-state index < -0.39 is 0 Å². The molecule has 1 aromatic heterocycles. The van der Waals surface area contributed by atoms with E-state index in [-0.39, 0.29) is 12.4 Å². The minimum absolute atomic E-state index is 0. The zero-order chi connectivity index (χ0) is 6.85. The van der Waals surface area contributed by atoms with Gasteiger partial charge in [-0.15, -0.1) is 12.4 Å². The smallest absolute Gasteiger partial charge is 0.146 e. The van der Waals surface area contributed by atoms with Crippen molar-refractivity contribution in [2.45, 2.75) is 0 Å². The van der Waals surface area contributed by atoms with Crippen LogP contribution in [-0.2, 0) is 7.05 Å². The Bertz CT molecular complexity index is 259. The van der Waals surface area contributed by atoms with Gasteiger partial charge in [0.15, 0.2) is 0 Å². The predicted octanol–water partition coefficient (Wildman–Crippen LogP) is 0.296. The lowest BCUT2D eigenvalue weighted by Gasteiger charge is -1.84. The van der Waals surface area contributed by atoms with Crippen LogP contribution in [0.3, 0.4) is 0 Å². The summed E-state index contributed by atoms with van der Waals surface area (Å²) in [6, 6.07) is 3.46. The van der Waals surface area contributed by atoms with Crippen LogP contribution in [0, 0.1) is 11.3 Å². The number of aryl methyl sites for hydroxylation is 1. The largest absolute Gasteiger partial charge is 0.382 e. The molecule has 0 saturated heterocycles. The number of rotatable bonds is 0. The Morgan fingerprint density at radius 2 is 2.40 bits per heavy atom. The maximum atomic E-state index is 8.37. The average molecular weight is 159 g/mol. The third-order valence-electron chi connectivity index (χ3n) is 1.01. The first kappa shape index (κ1) is 8.79. The highest BCUT2D eigenvalue weighted by atomic mass is 35.5. The van der Waals surface area contributed by atoms with Crippen molar-refractivity contribution in [3.05, 3.63) is 11.8 Å². The van der Waals surface area contributed by atoms with Crippen molar-refractivity contribution in [3.8, 4) is 6.07 Å². The minimum Gasteiger partial charge on any atom is -0.382 e. The quantitative estimate of drug-likeness (QED) is 0.591. The number of anilines is 1. The first-order chi connectivity index (χ1) is 4.24. The van der Waals surface area contributed by atoms with Crippen molar-refractivity contribution in [3.63, 3.8) is 0 Å². The molecule has 2 N–H and O–H groups in total. The van der Waals surface area contributed by atoms with E-state index in [4.69, 9.17) is 11.0 Å². The van der Waals surface area contributed by atoms with Crippen LogP contribution in [0.15, 0.2) is 6.07 Å². The zero-order valence-electron chi connectivity index (χ0n) is 5.40. The number of hydrogen-bond donors (Lipinski definition) is 1.